The molecule has 0 bridgehead atoms. The van der Waals surface area contributed by atoms with E-state index in [-0.39, 0.29) is 18.4 Å². The number of pyridine rings is 2. The number of nitrogens with zero attached hydrogens (tertiary/aromatic N) is 5. The fourth-order valence-corrected chi connectivity index (χ4v) is 5.11. The third kappa shape index (κ3) is 6.61. The summed E-state index contributed by atoms with van der Waals surface area (Å²) in [6.45, 7) is 0.214. The molecule has 1 aliphatic rings. The summed E-state index contributed by atoms with van der Waals surface area (Å²) in [5.41, 5.74) is 6.24. The Balaban J connectivity index is 1.24. The zero-order valence-corrected chi connectivity index (χ0v) is 24.3. The average molecular weight is 619 g/mol. The normalized spacial score (nSPS) is 14.9. The highest BCUT2D eigenvalue weighted by Gasteiger charge is 2.47. The maximum absolute atomic E-state index is 13.9. The highest BCUT2D eigenvalue weighted by atomic mass is 35.5. The van der Waals surface area contributed by atoms with Crippen molar-refractivity contribution in [1.82, 2.24) is 10.4 Å². The number of benzene rings is 3. The second-order valence-corrected chi connectivity index (χ2v) is 10.5. The number of carbonyl (C=O) groups is 2. The van der Waals surface area contributed by atoms with E-state index >= 15 is 0 Å². The van der Waals surface area contributed by atoms with E-state index in [0.717, 1.165) is 16.7 Å². The molecule has 1 unspecified atom stereocenters. The zero-order chi connectivity index (χ0) is 31.3. The molecule has 11 heteroatoms. The molecule has 1 atom stereocenters. The molecule has 0 aliphatic carbocycles. The lowest BCUT2D eigenvalue weighted by molar-refractivity contribution is -0.563. The smallest absolute Gasteiger partial charge is 0.333 e. The predicted octanol–water partition coefficient (Wildman–Crippen LogP) is 4.77. The summed E-state index contributed by atoms with van der Waals surface area (Å²) >= 11 is 5.95. The Bertz CT molecular complexity index is 1950. The van der Waals surface area contributed by atoms with Gasteiger partial charge in [-0.1, -0.05) is 60.1 Å². The Morgan fingerprint density at radius 3 is 2.53 bits per heavy atom. The summed E-state index contributed by atoms with van der Waals surface area (Å²) in [6.07, 6.45) is 4.73. The number of aromatic nitrogens is 2. The monoisotopic (exact) mass is 618 g/mol. The lowest BCUT2D eigenvalue weighted by atomic mass is 9.91. The van der Waals surface area contributed by atoms with E-state index in [1.807, 2.05) is 42.5 Å². The van der Waals surface area contributed by atoms with Crippen molar-refractivity contribution in [3.63, 3.8) is 0 Å². The molecular formula is C34H24ClFN6O3. The Labute approximate surface area is 262 Å². The van der Waals surface area contributed by atoms with E-state index in [2.05, 4.69) is 20.5 Å². The summed E-state index contributed by atoms with van der Waals surface area (Å²) in [5.74, 6) is -1.70. The van der Waals surface area contributed by atoms with Gasteiger partial charge in [-0.3, -0.25) is 5.43 Å². The number of carbonyl (C=O) groups excluding carboxylic acids is 2. The fraction of sp³-hybridized carbons (Fsp3) is 0.0588. The van der Waals surface area contributed by atoms with Gasteiger partial charge in [0.1, 0.15) is 17.5 Å². The van der Waals surface area contributed by atoms with E-state index in [4.69, 9.17) is 11.6 Å². The van der Waals surface area contributed by atoms with Crippen LogP contribution < -0.4 is 20.0 Å². The molecular weight excluding hydrogens is 595 g/mol. The van der Waals surface area contributed by atoms with Gasteiger partial charge in [-0.25, -0.2) is 24.0 Å². The van der Waals surface area contributed by atoms with Crippen molar-refractivity contribution < 1.29 is 23.7 Å². The molecule has 2 aromatic heterocycles. The van der Waals surface area contributed by atoms with Crippen molar-refractivity contribution in [3.05, 3.63) is 143 Å². The predicted molar refractivity (Wildman–Crippen MR) is 167 cm³/mol. The summed E-state index contributed by atoms with van der Waals surface area (Å²) < 4.78 is 14.6. The number of amidine groups is 1. The van der Waals surface area contributed by atoms with Gasteiger partial charge in [-0.05, 0) is 70.8 Å². The molecule has 3 heterocycles. The van der Waals surface area contributed by atoms with Gasteiger partial charge in [-0.15, -0.1) is 0 Å². The van der Waals surface area contributed by atoms with Crippen LogP contribution in [0.2, 0.25) is 5.15 Å². The van der Waals surface area contributed by atoms with Crippen LogP contribution in [0.3, 0.4) is 0 Å². The van der Waals surface area contributed by atoms with Crippen molar-refractivity contribution in [2.75, 3.05) is 4.90 Å². The van der Waals surface area contributed by atoms with Crippen molar-refractivity contribution in [2.45, 2.75) is 12.5 Å². The molecule has 0 radical (unpaired) electrons. The number of aliphatic imine (C=N–C) groups is 1. The third-order valence-electron chi connectivity index (χ3n) is 7.11. The number of hydrazone groups is 1. The van der Waals surface area contributed by atoms with Crippen molar-refractivity contribution >= 4 is 47.2 Å². The highest BCUT2D eigenvalue weighted by molar-refractivity contribution is 6.29. The number of hydrogen-bond donors (Lipinski definition) is 1. The van der Waals surface area contributed by atoms with Crippen LogP contribution in [0.1, 0.15) is 27.4 Å². The number of nitrogens with one attached hydrogen (secondary N) is 1. The molecule has 0 spiro atoms. The molecule has 5 aromatic rings. The largest absolute Gasteiger partial charge is 0.845 e. The van der Waals surface area contributed by atoms with Gasteiger partial charge >= 0.3 is 11.8 Å². The molecule has 0 fully saturated rings. The average Bonchev–Trinajstić information content (AvgIpc) is 3.05. The number of amides is 1. The molecule has 3 aromatic carbocycles. The lowest BCUT2D eigenvalue weighted by Crippen LogP contribution is -2.59. The van der Waals surface area contributed by atoms with E-state index < -0.39 is 17.8 Å². The summed E-state index contributed by atoms with van der Waals surface area (Å²) in [5, 5.41) is 16.4. The summed E-state index contributed by atoms with van der Waals surface area (Å²) in [4.78, 5) is 37.1. The molecule has 222 valence electrons. The molecule has 0 saturated heterocycles. The van der Waals surface area contributed by atoms with Gasteiger partial charge in [-0.2, -0.15) is 14.6 Å². The maximum Gasteiger partial charge on any atom is 0.333 e. The minimum absolute atomic E-state index is 0.214. The van der Waals surface area contributed by atoms with Crippen LogP contribution >= 0.6 is 11.6 Å². The number of halogens is 2. The van der Waals surface area contributed by atoms with Gasteiger partial charge in [0.2, 0.25) is 0 Å². The first kappa shape index (κ1) is 29.3. The molecule has 45 heavy (non-hydrogen) atoms. The summed E-state index contributed by atoms with van der Waals surface area (Å²) in [7, 11) is 0. The van der Waals surface area contributed by atoms with Gasteiger partial charge < -0.3 is 5.11 Å². The summed E-state index contributed by atoms with van der Waals surface area (Å²) in [6, 6.07) is 27.9. The molecule has 1 aliphatic heterocycles. The second kappa shape index (κ2) is 12.9. The first-order chi connectivity index (χ1) is 21.9. The number of hydrogen-bond acceptors (Lipinski definition) is 6. The number of rotatable bonds is 7. The topological polar surface area (TPSA) is 114 Å². The van der Waals surface area contributed by atoms with Crippen molar-refractivity contribution in [1.29, 1.82) is 0 Å². The van der Waals surface area contributed by atoms with E-state index in [9.17, 15) is 19.1 Å². The Hall–Kier alpha value is -5.74. The molecule has 1 amide bonds. The molecule has 0 saturated carbocycles. The van der Waals surface area contributed by atoms with Gasteiger partial charge in [0.15, 0.2) is 5.92 Å². The third-order valence-corrected chi connectivity index (χ3v) is 7.34. The molecule has 6 rings (SSSR count). The van der Waals surface area contributed by atoms with Crippen LogP contribution in [0.5, 0.6) is 0 Å². The molecule has 9 nitrogen and oxygen atoms in total. The van der Waals surface area contributed by atoms with Gasteiger partial charge in [0.25, 0.3) is 5.82 Å². The Morgan fingerprint density at radius 2 is 1.76 bits per heavy atom. The first-order valence-electron chi connectivity index (χ1n) is 13.8. The lowest BCUT2D eigenvalue weighted by Gasteiger charge is -2.26. The number of fused-ring (bicyclic) bond motifs is 1. The van der Waals surface area contributed by atoms with Crippen molar-refractivity contribution in [2.24, 2.45) is 10.1 Å². The van der Waals surface area contributed by atoms with E-state index in [1.165, 1.54) is 35.0 Å². The van der Waals surface area contributed by atoms with Crippen LogP contribution in [0, 0.1) is 5.82 Å². The van der Waals surface area contributed by atoms with Crippen LogP contribution in [-0.2, 0) is 11.3 Å². The van der Waals surface area contributed by atoms with E-state index in [0.29, 0.717) is 27.8 Å². The highest BCUT2D eigenvalue weighted by Crippen LogP contribution is 2.31. The minimum Gasteiger partial charge on any atom is -0.845 e. The molecule has 1 N–H and O–H groups in total. The van der Waals surface area contributed by atoms with Gasteiger partial charge in [0.05, 0.1) is 24.1 Å². The first-order valence-corrected chi connectivity index (χ1v) is 14.2. The van der Waals surface area contributed by atoms with E-state index in [1.54, 1.807) is 53.7 Å². The van der Waals surface area contributed by atoms with Gasteiger partial charge in [0, 0.05) is 17.8 Å². The van der Waals surface area contributed by atoms with Crippen LogP contribution in [0.15, 0.2) is 126 Å². The van der Waals surface area contributed by atoms with Crippen LogP contribution in [0.25, 0.3) is 11.1 Å². The van der Waals surface area contributed by atoms with Crippen LogP contribution in [0.4, 0.5) is 15.9 Å². The SMILES string of the molecule is O=C1C(c2cccc(-c3cccc(/C=N/NC([O-])=Nc4ccc(F)cc4)c3)c2)C(=O)[n+]2ccccc2N1Cc1ccc(Cl)nc1. The fourth-order valence-electron chi connectivity index (χ4n) is 5.00. The second-order valence-electron chi connectivity index (χ2n) is 10.1. The quantitative estimate of drug-likeness (QED) is 0.0705. The maximum atomic E-state index is 13.9. The minimum atomic E-state index is -1.06. The van der Waals surface area contributed by atoms with Crippen molar-refractivity contribution in [3.8, 4) is 11.1 Å². The van der Waals surface area contributed by atoms with Crippen LogP contribution in [-0.4, -0.2) is 29.0 Å². The zero-order valence-electron chi connectivity index (χ0n) is 23.5. The Morgan fingerprint density at radius 1 is 0.978 bits per heavy atom. The standard InChI is InChI=1S/C34H24ClFN6O3/c35-29-15-10-23(19-37-29)21-42-30-9-1-2-16-41(30)32(43)31(33(42)44)26-8-4-7-25(18-26)24-6-3-5-22(17-24)20-38-40-34(45)39-28-13-11-27(36)12-14-28/h1-20,31H,21H2,(H-,39,40,45)/b38-20+. The Kier molecular flexibility index (Phi) is 8.39. The number of anilines is 1.